The van der Waals surface area contributed by atoms with Gasteiger partial charge in [0.05, 0.1) is 6.04 Å². The van der Waals surface area contributed by atoms with E-state index in [1.54, 1.807) is 17.4 Å². The molecule has 1 aliphatic carbocycles. The summed E-state index contributed by atoms with van der Waals surface area (Å²) < 4.78 is 13.9. The standard InChI is InChI=1S/C15H15FN2S2/c16-12-8-9(4-5-10(12)15(17)19)18-13-2-1-3-14-11(13)6-7-20-14/h4-8,13,18H,1-3H2,(H2,17,19). The minimum atomic E-state index is -0.371. The molecular weight excluding hydrogens is 291 g/mol. The summed E-state index contributed by atoms with van der Waals surface area (Å²) >= 11 is 6.61. The Balaban J connectivity index is 1.83. The second kappa shape index (κ2) is 5.50. The number of thiophene rings is 1. The van der Waals surface area contributed by atoms with Crippen molar-refractivity contribution in [1.82, 2.24) is 0 Å². The van der Waals surface area contributed by atoms with E-state index >= 15 is 0 Å². The zero-order chi connectivity index (χ0) is 14.1. The van der Waals surface area contributed by atoms with Gasteiger partial charge in [-0.05, 0) is 54.5 Å². The predicted molar refractivity (Wildman–Crippen MR) is 85.9 cm³/mol. The van der Waals surface area contributed by atoms with Crippen LogP contribution in [0.3, 0.4) is 0 Å². The van der Waals surface area contributed by atoms with Crippen LogP contribution in [0.1, 0.15) is 34.9 Å². The smallest absolute Gasteiger partial charge is 0.135 e. The number of fused-ring (bicyclic) bond motifs is 1. The summed E-state index contributed by atoms with van der Waals surface area (Å²) in [5.74, 6) is -0.371. The zero-order valence-electron chi connectivity index (χ0n) is 10.9. The highest BCUT2D eigenvalue weighted by Crippen LogP contribution is 2.35. The van der Waals surface area contributed by atoms with Crippen molar-refractivity contribution in [2.45, 2.75) is 25.3 Å². The first-order valence-corrected chi connectivity index (χ1v) is 7.86. The molecule has 1 aromatic carbocycles. The van der Waals surface area contributed by atoms with E-state index in [0.29, 0.717) is 5.56 Å². The van der Waals surface area contributed by atoms with Gasteiger partial charge in [-0.2, -0.15) is 0 Å². The fourth-order valence-corrected chi connectivity index (χ4v) is 3.80. The number of anilines is 1. The van der Waals surface area contributed by atoms with Gasteiger partial charge < -0.3 is 11.1 Å². The van der Waals surface area contributed by atoms with Gasteiger partial charge in [0.25, 0.3) is 0 Å². The lowest BCUT2D eigenvalue weighted by atomic mass is 9.94. The van der Waals surface area contributed by atoms with Crippen LogP contribution in [0.25, 0.3) is 0 Å². The fraction of sp³-hybridized carbons (Fsp3) is 0.267. The lowest BCUT2D eigenvalue weighted by Gasteiger charge is -2.25. The zero-order valence-corrected chi connectivity index (χ0v) is 12.5. The molecule has 1 aliphatic rings. The Labute approximate surface area is 126 Å². The van der Waals surface area contributed by atoms with Gasteiger partial charge in [0.15, 0.2) is 0 Å². The molecule has 0 aliphatic heterocycles. The molecule has 0 bridgehead atoms. The molecule has 3 N–H and O–H groups in total. The lowest BCUT2D eigenvalue weighted by molar-refractivity contribution is 0.605. The van der Waals surface area contributed by atoms with Gasteiger partial charge >= 0.3 is 0 Å². The second-order valence-corrected chi connectivity index (χ2v) is 6.39. The highest BCUT2D eigenvalue weighted by Gasteiger charge is 2.21. The van der Waals surface area contributed by atoms with E-state index in [-0.39, 0.29) is 16.8 Å². The number of rotatable bonds is 3. The molecule has 1 atom stereocenters. The van der Waals surface area contributed by atoms with Gasteiger partial charge in [-0.3, -0.25) is 0 Å². The van der Waals surface area contributed by atoms with Crippen molar-refractivity contribution in [2.75, 3.05) is 5.32 Å². The maximum Gasteiger partial charge on any atom is 0.135 e. The van der Waals surface area contributed by atoms with Crippen LogP contribution in [0, 0.1) is 5.82 Å². The molecule has 20 heavy (non-hydrogen) atoms. The van der Waals surface area contributed by atoms with Crippen LogP contribution < -0.4 is 11.1 Å². The quantitative estimate of drug-likeness (QED) is 0.841. The third-order valence-electron chi connectivity index (χ3n) is 3.63. The van der Waals surface area contributed by atoms with Crippen molar-refractivity contribution in [3.63, 3.8) is 0 Å². The average Bonchev–Trinajstić information content (AvgIpc) is 2.87. The second-order valence-electron chi connectivity index (χ2n) is 4.95. The van der Waals surface area contributed by atoms with Gasteiger partial charge in [-0.25, -0.2) is 4.39 Å². The van der Waals surface area contributed by atoms with Gasteiger partial charge in [0.2, 0.25) is 0 Å². The first-order chi connectivity index (χ1) is 9.65. The van der Waals surface area contributed by atoms with Crippen LogP contribution in [-0.4, -0.2) is 4.99 Å². The van der Waals surface area contributed by atoms with Gasteiger partial charge in [-0.1, -0.05) is 12.2 Å². The van der Waals surface area contributed by atoms with Crippen molar-refractivity contribution in [3.05, 3.63) is 51.5 Å². The van der Waals surface area contributed by atoms with Crippen molar-refractivity contribution >= 4 is 34.2 Å². The summed E-state index contributed by atoms with van der Waals surface area (Å²) in [6.45, 7) is 0. The Morgan fingerprint density at radius 3 is 3.00 bits per heavy atom. The molecule has 104 valence electrons. The minimum Gasteiger partial charge on any atom is -0.389 e. The highest BCUT2D eigenvalue weighted by atomic mass is 32.1. The largest absolute Gasteiger partial charge is 0.389 e. The Morgan fingerprint density at radius 1 is 1.40 bits per heavy atom. The molecule has 5 heteroatoms. The van der Waals surface area contributed by atoms with Crippen molar-refractivity contribution < 1.29 is 4.39 Å². The number of thiocarbonyl (C=S) groups is 1. The number of aryl methyl sites for hydroxylation is 1. The average molecular weight is 306 g/mol. The predicted octanol–water partition coefficient (Wildman–Crippen LogP) is 4.01. The van der Waals surface area contributed by atoms with E-state index in [4.69, 9.17) is 18.0 Å². The number of halogens is 1. The lowest BCUT2D eigenvalue weighted by Crippen LogP contribution is -2.16. The third-order valence-corrected chi connectivity index (χ3v) is 4.84. The molecule has 0 saturated carbocycles. The van der Waals surface area contributed by atoms with Crippen molar-refractivity contribution in [2.24, 2.45) is 5.73 Å². The molecular formula is C15H15FN2S2. The number of nitrogens with two attached hydrogens (primary N) is 1. The number of benzene rings is 1. The van der Waals surface area contributed by atoms with E-state index < -0.39 is 0 Å². The van der Waals surface area contributed by atoms with E-state index in [2.05, 4.69) is 16.8 Å². The molecule has 0 amide bonds. The van der Waals surface area contributed by atoms with E-state index in [1.165, 1.54) is 22.9 Å². The maximum absolute atomic E-state index is 13.9. The molecule has 2 nitrogen and oxygen atoms in total. The summed E-state index contributed by atoms with van der Waals surface area (Å²) in [6.07, 6.45) is 3.39. The van der Waals surface area contributed by atoms with Crippen LogP contribution in [0.2, 0.25) is 0 Å². The monoisotopic (exact) mass is 306 g/mol. The number of hydrogen-bond donors (Lipinski definition) is 2. The van der Waals surface area contributed by atoms with Crippen LogP contribution in [0.15, 0.2) is 29.6 Å². The molecule has 1 unspecified atom stereocenters. The minimum absolute atomic E-state index is 0.0897. The molecule has 0 radical (unpaired) electrons. The summed E-state index contributed by atoms with van der Waals surface area (Å²) in [5, 5.41) is 5.54. The van der Waals surface area contributed by atoms with E-state index in [9.17, 15) is 4.39 Å². The Bertz CT molecular complexity index is 651. The molecule has 2 aromatic rings. The first kappa shape index (κ1) is 13.5. The van der Waals surface area contributed by atoms with Crippen LogP contribution >= 0.6 is 23.6 Å². The Kier molecular flexibility index (Phi) is 3.72. The number of hydrogen-bond acceptors (Lipinski definition) is 3. The Hall–Kier alpha value is -1.46. The third kappa shape index (κ3) is 2.55. The summed E-state index contributed by atoms with van der Waals surface area (Å²) in [6, 6.07) is 7.36. The van der Waals surface area contributed by atoms with Gasteiger partial charge in [-0.15, -0.1) is 11.3 Å². The van der Waals surface area contributed by atoms with Crippen molar-refractivity contribution in [3.8, 4) is 0 Å². The fourth-order valence-electron chi connectivity index (χ4n) is 2.64. The van der Waals surface area contributed by atoms with Crippen LogP contribution in [0.4, 0.5) is 10.1 Å². The summed E-state index contributed by atoms with van der Waals surface area (Å²) in [4.78, 5) is 1.53. The van der Waals surface area contributed by atoms with Crippen LogP contribution in [0.5, 0.6) is 0 Å². The van der Waals surface area contributed by atoms with Crippen LogP contribution in [-0.2, 0) is 6.42 Å². The van der Waals surface area contributed by atoms with Gasteiger partial charge in [0.1, 0.15) is 10.8 Å². The molecule has 0 saturated heterocycles. The topological polar surface area (TPSA) is 38.0 Å². The molecule has 0 spiro atoms. The maximum atomic E-state index is 13.9. The van der Waals surface area contributed by atoms with E-state index in [0.717, 1.165) is 18.5 Å². The first-order valence-electron chi connectivity index (χ1n) is 6.57. The normalized spacial score (nSPS) is 17.6. The van der Waals surface area contributed by atoms with Crippen molar-refractivity contribution in [1.29, 1.82) is 0 Å². The SMILES string of the molecule is NC(=S)c1ccc(NC2CCCc3sccc32)cc1F. The van der Waals surface area contributed by atoms with Gasteiger partial charge in [0, 0.05) is 16.1 Å². The highest BCUT2D eigenvalue weighted by molar-refractivity contribution is 7.80. The molecule has 1 heterocycles. The van der Waals surface area contributed by atoms with E-state index in [1.807, 2.05) is 6.07 Å². The molecule has 0 fully saturated rings. The summed E-state index contributed by atoms with van der Waals surface area (Å²) in [7, 11) is 0. The molecule has 1 aromatic heterocycles. The molecule has 3 rings (SSSR count). The Morgan fingerprint density at radius 2 is 2.25 bits per heavy atom. The number of nitrogens with one attached hydrogen (secondary N) is 1. The summed E-state index contributed by atoms with van der Waals surface area (Å²) in [5.41, 5.74) is 7.88.